The summed E-state index contributed by atoms with van der Waals surface area (Å²) in [5, 5.41) is 6.06. The third kappa shape index (κ3) is 6.16. The van der Waals surface area contributed by atoms with E-state index in [0.29, 0.717) is 5.69 Å². The molecule has 0 bridgehead atoms. The average Bonchev–Trinajstić information content (AvgIpc) is 2.61. The van der Waals surface area contributed by atoms with Gasteiger partial charge in [0.1, 0.15) is 0 Å². The van der Waals surface area contributed by atoms with Crippen LogP contribution in [0.1, 0.15) is 39.3 Å². The van der Waals surface area contributed by atoms with Crippen LogP contribution >= 0.6 is 0 Å². The Bertz CT molecular complexity index is 850. The lowest BCUT2D eigenvalue weighted by atomic mass is 10.1. The van der Waals surface area contributed by atoms with E-state index in [-0.39, 0.29) is 22.9 Å². The predicted molar refractivity (Wildman–Crippen MR) is 108 cm³/mol. The van der Waals surface area contributed by atoms with E-state index >= 15 is 0 Å². The van der Waals surface area contributed by atoms with Gasteiger partial charge in [-0.05, 0) is 57.5 Å². The van der Waals surface area contributed by atoms with Crippen LogP contribution in [0.3, 0.4) is 0 Å². The standard InChI is InChI=1S/C20H27N3O3S/c1-14(2)23-27(25,26)19-12-10-18(11-13-19)22-20(24)16(4)21-15(3)17-8-6-5-7-9-17/h5-16,21,23H,1-4H3,(H,22,24)/t15-,16-/m1/s1. The minimum absolute atomic E-state index is 0.0292. The first-order chi connectivity index (χ1) is 12.7. The molecule has 146 valence electrons. The molecule has 0 aliphatic carbocycles. The molecule has 3 N–H and O–H groups in total. The van der Waals surface area contributed by atoms with E-state index in [0.717, 1.165) is 5.56 Å². The van der Waals surface area contributed by atoms with E-state index in [4.69, 9.17) is 0 Å². The van der Waals surface area contributed by atoms with Crippen molar-refractivity contribution in [3.63, 3.8) is 0 Å². The zero-order chi connectivity index (χ0) is 20.0. The van der Waals surface area contributed by atoms with Gasteiger partial charge in [0.2, 0.25) is 15.9 Å². The molecule has 1 amide bonds. The molecular formula is C20H27N3O3S. The van der Waals surface area contributed by atoms with Crippen molar-refractivity contribution in [3.05, 3.63) is 60.2 Å². The third-order valence-corrected chi connectivity index (χ3v) is 5.69. The summed E-state index contributed by atoms with van der Waals surface area (Å²) in [7, 11) is -3.54. The SMILES string of the molecule is CC(C)NS(=O)(=O)c1ccc(NC(=O)[C@@H](C)N[C@H](C)c2ccccc2)cc1. The molecule has 0 aliphatic rings. The molecular weight excluding hydrogens is 362 g/mol. The van der Waals surface area contributed by atoms with Gasteiger partial charge in [-0.15, -0.1) is 0 Å². The van der Waals surface area contributed by atoms with E-state index in [2.05, 4.69) is 15.4 Å². The molecule has 7 heteroatoms. The van der Waals surface area contributed by atoms with Crippen molar-refractivity contribution in [3.8, 4) is 0 Å². The van der Waals surface area contributed by atoms with Crippen LogP contribution in [0.2, 0.25) is 0 Å². The van der Waals surface area contributed by atoms with Crippen molar-refractivity contribution < 1.29 is 13.2 Å². The zero-order valence-electron chi connectivity index (χ0n) is 16.1. The predicted octanol–water partition coefficient (Wildman–Crippen LogP) is 3.05. The van der Waals surface area contributed by atoms with E-state index in [1.54, 1.807) is 32.9 Å². The van der Waals surface area contributed by atoms with E-state index < -0.39 is 16.1 Å². The van der Waals surface area contributed by atoms with Crippen molar-refractivity contribution in [2.24, 2.45) is 0 Å². The monoisotopic (exact) mass is 389 g/mol. The maximum atomic E-state index is 12.4. The summed E-state index contributed by atoms with van der Waals surface area (Å²) in [5.41, 5.74) is 1.65. The third-order valence-electron chi connectivity index (χ3n) is 4.02. The lowest BCUT2D eigenvalue weighted by molar-refractivity contribution is -0.117. The maximum Gasteiger partial charge on any atom is 0.241 e. The number of carbonyl (C=O) groups excluding carboxylic acids is 1. The molecule has 0 unspecified atom stereocenters. The normalized spacial score (nSPS) is 14.0. The number of nitrogens with one attached hydrogen (secondary N) is 3. The average molecular weight is 390 g/mol. The Morgan fingerprint density at radius 1 is 0.889 bits per heavy atom. The molecule has 0 saturated heterocycles. The van der Waals surface area contributed by atoms with Crippen LogP contribution in [0.4, 0.5) is 5.69 Å². The molecule has 2 aromatic rings. The van der Waals surface area contributed by atoms with Gasteiger partial charge in [0.25, 0.3) is 0 Å². The largest absolute Gasteiger partial charge is 0.325 e. The highest BCUT2D eigenvalue weighted by atomic mass is 32.2. The Morgan fingerprint density at radius 3 is 2.04 bits per heavy atom. The number of rotatable bonds is 8. The number of carbonyl (C=O) groups is 1. The fourth-order valence-electron chi connectivity index (χ4n) is 2.63. The highest BCUT2D eigenvalue weighted by Crippen LogP contribution is 2.16. The maximum absolute atomic E-state index is 12.4. The number of amides is 1. The molecule has 0 heterocycles. The van der Waals surface area contributed by atoms with E-state index in [1.165, 1.54) is 12.1 Å². The molecule has 0 saturated carbocycles. The fourth-order valence-corrected chi connectivity index (χ4v) is 3.89. The number of anilines is 1. The number of hydrogen-bond donors (Lipinski definition) is 3. The van der Waals surface area contributed by atoms with Gasteiger partial charge in [0, 0.05) is 17.8 Å². The summed E-state index contributed by atoms with van der Waals surface area (Å²) in [6.45, 7) is 7.31. The Hall–Kier alpha value is -2.22. The zero-order valence-corrected chi connectivity index (χ0v) is 16.9. The molecule has 27 heavy (non-hydrogen) atoms. The van der Waals surface area contributed by atoms with Crippen LogP contribution in [-0.2, 0) is 14.8 Å². The van der Waals surface area contributed by atoms with Crippen LogP contribution in [0, 0.1) is 0 Å². The topological polar surface area (TPSA) is 87.3 Å². The van der Waals surface area contributed by atoms with Gasteiger partial charge >= 0.3 is 0 Å². The van der Waals surface area contributed by atoms with Crippen LogP contribution in [-0.4, -0.2) is 26.4 Å². The lowest BCUT2D eigenvalue weighted by Gasteiger charge is -2.20. The first-order valence-corrected chi connectivity index (χ1v) is 10.4. The molecule has 2 aromatic carbocycles. The van der Waals surface area contributed by atoms with Crippen molar-refractivity contribution in [1.82, 2.24) is 10.0 Å². The summed E-state index contributed by atoms with van der Waals surface area (Å²) in [6.07, 6.45) is 0. The highest BCUT2D eigenvalue weighted by Gasteiger charge is 2.18. The minimum Gasteiger partial charge on any atom is -0.325 e. The first-order valence-electron chi connectivity index (χ1n) is 8.93. The van der Waals surface area contributed by atoms with E-state index in [9.17, 15) is 13.2 Å². The number of benzene rings is 2. The van der Waals surface area contributed by atoms with Gasteiger partial charge in [-0.25, -0.2) is 13.1 Å². The lowest BCUT2D eigenvalue weighted by Crippen LogP contribution is -2.39. The molecule has 0 aromatic heterocycles. The van der Waals surface area contributed by atoms with Crippen molar-refractivity contribution >= 4 is 21.6 Å². The van der Waals surface area contributed by atoms with Crippen LogP contribution in [0.5, 0.6) is 0 Å². The smallest absolute Gasteiger partial charge is 0.241 e. The molecule has 6 nitrogen and oxygen atoms in total. The van der Waals surface area contributed by atoms with Crippen LogP contribution in [0.25, 0.3) is 0 Å². The van der Waals surface area contributed by atoms with Crippen molar-refractivity contribution in [2.75, 3.05) is 5.32 Å². The minimum atomic E-state index is -3.54. The molecule has 0 radical (unpaired) electrons. The summed E-state index contributed by atoms with van der Waals surface area (Å²) < 4.78 is 26.8. The molecule has 0 aliphatic heterocycles. The summed E-state index contributed by atoms with van der Waals surface area (Å²) in [6, 6.07) is 15.4. The van der Waals surface area contributed by atoms with Gasteiger partial charge < -0.3 is 5.32 Å². The van der Waals surface area contributed by atoms with Gasteiger partial charge in [-0.2, -0.15) is 0 Å². The second-order valence-corrected chi connectivity index (χ2v) is 8.52. The number of sulfonamides is 1. The number of hydrogen-bond acceptors (Lipinski definition) is 4. The van der Waals surface area contributed by atoms with Gasteiger partial charge in [-0.3, -0.25) is 10.1 Å². The van der Waals surface area contributed by atoms with E-state index in [1.807, 2.05) is 37.3 Å². The molecule has 0 fully saturated rings. The summed E-state index contributed by atoms with van der Waals surface area (Å²) in [4.78, 5) is 12.6. The Balaban J connectivity index is 1.97. The summed E-state index contributed by atoms with van der Waals surface area (Å²) in [5.74, 6) is -0.186. The van der Waals surface area contributed by atoms with Crippen LogP contribution < -0.4 is 15.4 Å². The first kappa shape index (κ1) is 21.1. The molecule has 0 spiro atoms. The Morgan fingerprint density at radius 2 is 1.48 bits per heavy atom. The van der Waals surface area contributed by atoms with Crippen LogP contribution in [0.15, 0.2) is 59.5 Å². The van der Waals surface area contributed by atoms with Gasteiger partial charge in [-0.1, -0.05) is 30.3 Å². The van der Waals surface area contributed by atoms with Crippen molar-refractivity contribution in [2.45, 2.75) is 50.7 Å². The summed E-state index contributed by atoms with van der Waals surface area (Å²) >= 11 is 0. The van der Waals surface area contributed by atoms with Gasteiger partial charge in [0.05, 0.1) is 10.9 Å². The Labute approximate surface area is 161 Å². The second-order valence-electron chi connectivity index (χ2n) is 6.81. The van der Waals surface area contributed by atoms with Gasteiger partial charge in [0.15, 0.2) is 0 Å². The second kappa shape index (κ2) is 9.12. The fraction of sp³-hybridized carbons (Fsp3) is 0.350. The highest BCUT2D eigenvalue weighted by molar-refractivity contribution is 7.89. The molecule has 2 atom stereocenters. The van der Waals surface area contributed by atoms with Crippen molar-refractivity contribution in [1.29, 1.82) is 0 Å². The Kier molecular flexibility index (Phi) is 7.12. The quantitative estimate of drug-likeness (QED) is 0.648. The molecule has 2 rings (SSSR count).